The van der Waals surface area contributed by atoms with Crippen LogP contribution in [0.1, 0.15) is 26.2 Å². The van der Waals surface area contributed by atoms with Gasteiger partial charge in [-0.2, -0.15) is 0 Å². The Morgan fingerprint density at radius 3 is 2.87 bits per heavy atom. The highest BCUT2D eigenvalue weighted by Crippen LogP contribution is 2.31. The molecule has 0 aromatic carbocycles. The van der Waals surface area contributed by atoms with Crippen LogP contribution in [0.15, 0.2) is 0 Å². The summed E-state index contributed by atoms with van der Waals surface area (Å²) in [5, 5.41) is 2.57. The highest BCUT2D eigenvalue weighted by atomic mass is 16.2. The second-order valence-corrected chi connectivity index (χ2v) is 4.72. The van der Waals surface area contributed by atoms with Crippen molar-refractivity contribution in [1.82, 2.24) is 10.2 Å². The van der Waals surface area contributed by atoms with Crippen LogP contribution in [0, 0.1) is 11.8 Å². The van der Waals surface area contributed by atoms with Crippen molar-refractivity contribution >= 4 is 11.8 Å². The molecule has 1 aliphatic carbocycles. The van der Waals surface area contributed by atoms with Gasteiger partial charge in [0.1, 0.15) is 0 Å². The molecule has 15 heavy (non-hydrogen) atoms. The molecule has 1 heterocycles. The number of amides is 2. The minimum Gasteiger partial charge on any atom is -0.345 e. The number of carbonyl (C=O) groups excluding carboxylic acids is 2. The molecule has 1 aliphatic heterocycles. The average Bonchev–Trinajstić information content (AvgIpc) is 2.58. The van der Waals surface area contributed by atoms with Crippen molar-refractivity contribution in [2.24, 2.45) is 11.8 Å². The number of rotatable bonds is 2. The lowest BCUT2D eigenvalue weighted by Gasteiger charge is -2.30. The summed E-state index contributed by atoms with van der Waals surface area (Å²) in [6, 6.07) is 0. The summed E-state index contributed by atoms with van der Waals surface area (Å²) in [6.45, 7) is 3.45. The zero-order valence-corrected chi connectivity index (χ0v) is 9.16. The molecule has 0 radical (unpaired) electrons. The minimum atomic E-state index is -0.0275. The Hall–Kier alpha value is -1.06. The van der Waals surface area contributed by atoms with E-state index in [1.54, 1.807) is 4.90 Å². The van der Waals surface area contributed by atoms with Crippen molar-refractivity contribution in [3.63, 3.8) is 0 Å². The summed E-state index contributed by atoms with van der Waals surface area (Å²) in [6.07, 6.45) is 3.73. The van der Waals surface area contributed by atoms with E-state index in [-0.39, 0.29) is 24.9 Å². The Labute approximate surface area is 90.0 Å². The molecule has 1 saturated carbocycles. The van der Waals surface area contributed by atoms with Gasteiger partial charge < -0.3 is 10.2 Å². The third-order valence-electron chi connectivity index (χ3n) is 3.62. The van der Waals surface area contributed by atoms with Gasteiger partial charge in [0.15, 0.2) is 0 Å². The summed E-state index contributed by atoms with van der Waals surface area (Å²) in [5.41, 5.74) is 0. The van der Waals surface area contributed by atoms with Crippen molar-refractivity contribution in [2.75, 3.05) is 19.6 Å². The standard InChI is InChI=1S/C11H18N2O2/c1-8-3-2-4-9(8)6-13-7-10(14)12-5-11(13)15/h8-9H,2-7H2,1H3,(H,12,14). The molecule has 4 heteroatoms. The lowest BCUT2D eigenvalue weighted by molar-refractivity contribution is -0.141. The van der Waals surface area contributed by atoms with Gasteiger partial charge in [-0.25, -0.2) is 0 Å². The predicted octanol–water partition coefficient (Wildman–Crippen LogP) is 0.381. The van der Waals surface area contributed by atoms with Crippen LogP contribution in [0.2, 0.25) is 0 Å². The molecular weight excluding hydrogens is 192 g/mol. The zero-order chi connectivity index (χ0) is 10.8. The predicted molar refractivity (Wildman–Crippen MR) is 56.1 cm³/mol. The van der Waals surface area contributed by atoms with Crippen molar-refractivity contribution in [2.45, 2.75) is 26.2 Å². The Morgan fingerprint density at radius 1 is 1.40 bits per heavy atom. The van der Waals surface area contributed by atoms with Gasteiger partial charge in [0.2, 0.25) is 11.8 Å². The van der Waals surface area contributed by atoms with Crippen LogP contribution in [0.25, 0.3) is 0 Å². The average molecular weight is 210 g/mol. The van der Waals surface area contributed by atoms with E-state index < -0.39 is 0 Å². The molecule has 2 atom stereocenters. The first-order valence-electron chi connectivity index (χ1n) is 5.71. The van der Waals surface area contributed by atoms with E-state index in [1.807, 2.05) is 0 Å². The second kappa shape index (κ2) is 4.21. The number of piperazine rings is 1. The molecule has 1 N–H and O–H groups in total. The lowest BCUT2D eigenvalue weighted by Crippen LogP contribution is -2.52. The first-order valence-corrected chi connectivity index (χ1v) is 5.71. The fourth-order valence-corrected chi connectivity index (χ4v) is 2.55. The molecule has 84 valence electrons. The lowest BCUT2D eigenvalue weighted by atomic mass is 9.97. The molecule has 0 bridgehead atoms. The van der Waals surface area contributed by atoms with Gasteiger partial charge in [-0.05, 0) is 18.3 Å². The smallest absolute Gasteiger partial charge is 0.242 e. The molecule has 0 spiro atoms. The van der Waals surface area contributed by atoms with Crippen LogP contribution in [-0.4, -0.2) is 36.3 Å². The Morgan fingerprint density at radius 2 is 2.20 bits per heavy atom. The van der Waals surface area contributed by atoms with E-state index in [0.717, 1.165) is 6.54 Å². The van der Waals surface area contributed by atoms with Gasteiger partial charge in [-0.15, -0.1) is 0 Å². The molecule has 2 aliphatic rings. The normalized spacial score (nSPS) is 31.9. The van der Waals surface area contributed by atoms with Crippen LogP contribution in [-0.2, 0) is 9.59 Å². The maximum atomic E-state index is 11.5. The summed E-state index contributed by atoms with van der Waals surface area (Å²) in [7, 11) is 0. The number of hydrogen-bond donors (Lipinski definition) is 1. The second-order valence-electron chi connectivity index (χ2n) is 4.72. The fourth-order valence-electron chi connectivity index (χ4n) is 2.55. The van der Waals surface area contributed by atoms with Gasteiger partial charge in [-0.1, -0.05) is 19.8 Å². The van der Waals surface area contributed by atoms with E-state index >= 15 is 0 Å². The molecular formula is C11H18N2O2. The van der Waals surface area contributed by atoms with E-state index in [1.165, 1.54) is 19.3 Å². The quantitative estimate of drug-likeness (QED) is 0.716. The van der Waals surface area contributed by atoms with Gasteiger partial charge in [0.25, 0.3) is 0 Å². The molecule has 4 nitrogen and oxygen atoms in total. The zero-order valence-electron chi connectivity index (χ0n) is 9.16. The molecule has 0 aromatic rings. The monoisotopic (exact) mass is 210 g/mol. The Balaban J connectivity index is 1.92. The van der Waals surface area contributed by atoms with E-state index in [4.69, 9.17) is 0 Å². The number of nitrogens with one attached hydrogen (secondary N) is 1. The van der Waals surface area contributed by atoms with E-state index in [2.05, 4.69) is 12.2 Å². The van der Waals surface area contributed by atoms with Crippen molar-refractivity contribution in [3.8, 4) is 0 Å². The number of nitrogens with zero attached hydrogens (tertiary/aromatic N) is 1. The first-order chi connectivity index (χ1) is 7.16. The van der Waals surface area contributed by atoms with Crippen molar-refractivity contribution in [1.29, 1.82) is 0 Å². The van der Waals surface area contributed by atoms with Crippen molar-refractivity contribution in [3.05, 3.63) is 0 Å². The summed E-state index contributed by atoms with van der Waals surface area (Å²) >= 11 is 0. The molecule has 2 unspecified atom stereocenters. The van der Waals surface area contributed by atoms with E-state index in [9.17, 15) is 9.59 Å². The molecule has 0 aromatic heterocycles. The largest absolute Gasteiger partial charge is 0.345 e. The SMILES string of the molecule is CC1CCCC1CN1CC(=O)NCC1=O. The first kappa shape index (κ1) is 10.5. The molecule has 2 amide bonds. The Kier molecular flexibility index (Phi) is 2.93. The molecule has 2 fully saturated rings. The van der Waals surface area contributed by atoms with Gasteiger partial charge in [0.05, 0.1) is 13.1 Å². The number of carbonyl (C=O) groups is 2. The third-order valence-corrected chi connectivity index (χ3v) is 3.62. The van der Waals surface area contributed by atoms with Crippen LogP contribution >= 0.6 is 0 Å². The maximum absolute atomic E-state index is 11.5. The highest BCUT2D eigenvalue weighted by Gasteiger charge is 2.30. The number of hydrogen-bond acceptors (Lipinski definition) is 2. The summed E-state index contributed by atoms with van der Waals surface area (Å²) in [5.74, 6) is 1.33. The fraction of sp³-hybridized carbons (Fsp3) is 0.818. The third kappa shape index (κ3) is 2.30. The van der Waals surface area contributed by atoms with Crippen LogP contribution in [0.3, 0.4) is 0 Å². The van der Waals surface area contributed by atoms with Crippen molar-refractivity contribution < 1.29 is 9.59 Å². The van der Waals surface area contributed by atoms with E-state index in [0.29, 0.717) is 11.8 Å². The molecule has 2 rings (SSSR count). The Bertz CT molecular complexity index is 278. The summed E-state index contributed by atoms with van der Waals surface area (Å²) < 4.78 is 0. The summed E-state index contributed by atoms with van der Waals surface area (Å²) in [4.78, 5) is 24.4. The van der Waals surface area contributed by atoms with Crippen LogP contribution < -0.4 is 5.32 Å². The minimum absolute atomic E-state index is 0.0275. The topological polar surface area (TPSA) is 49.4 Å². The van der Waals surface area contributed by atoms with Gasteiger partial charge in [-0.3, -0.25) is 9.59 Å². The highest BCUT2D eigenvalue weighted by molar-refractivity contribution is 5.92. The van der Waals surface area contributed by atoms with Crippen LogP contribution in [0.5, 0.6) is 0 Å². The van der Waals surface area contributed by atoms with Gasteiger partial charge >= 0.3 is 0 Å². The maximum Gasteiger partial charge on any atom is 0.242 e. The van der Waals surface area contributed by atoms with Gasteiger partial charge in [0, 0.05) is 6.54 Å². The van der Waals surface area contributed by atoms with Crippen LogP contribution in [0.4, 0.5) is 0 Å². The molecule has 1 saturated heterocycles.